The molecule has 27 heavy (non-hydrogen) atoms. The summed E-state index contributed by atoms with van der Waals surface area (Å²) >= 11 is 0. The van der Waals surface area contributed by atoms with Gasteiger partial charge in [0.25, 0.3) is 0 Å². The molecule has 1 aromatic rings. The molecule has 0 radical (unpaired) electrons. The van der Waals surface area contributed by atoms with Crippen molar-refractivity contribution in [2.75, 3.05) is 7.11 Å². The molecule has 0 aliphatic rings. The summed E-state index contributed by atoms with van der Waals surface area (Å²) in [5, 5.41) is 0.130. The van der Waals surface area contributed by atoms with Gasteiger partial charge in [0.15, 0.2) is 8.32 Å². The first kappa shape index (κ1) is 23.6. The molecule has 0 N–H and O–H groups in total. The van der Waals surface area contributed by atoms with Crippen molar-refractivity contribution in [3.05, 3.63) is 28.8 Å². The lowest BCUT2D eigenvalue weighted by atomic mass is 9.98. The van der Waals surface area contributed by atoms with Gasteiger partial charge in [-0.05, 0) is 42.2 Å². The second-order valence-corrected chi connectivity index (χ2v) is 19.2. The van der Waals surface area contributed by atoms with E-state index in [4.69, 9.17) is 15.6 Å². The van der Waals surface area contributed by atoms with Crippen molar-refractivity contribution >= 4 is 16.4 Å². The fourth-order valence-corrected chi connectivity index (χ4v) is 4.26. The molecule has 1 rings (SSSR count). The molecule has 0 aliphatic heterocycles. The van der Waals surface area contributed by atoms with Crippen molar-refractivity contribution in [2.45, 2.75) is 78.0 Å². The highest BCUT2D eigenvalue weighted by molar-refractivity contribution is 6.83. The Balaban J connectivity index is 3.36. The summed E-state index contributed by atoms with van der Waals surface area (Å²) < 4.78 is 12.2. The Labute approximate surface area is 169 Å². The van der Waals surface area contributed by atoms with Gasteiger partial charge in [0.05, 0.1) is 12.7 Å². The summed E-state index contributed by atoms with van der Waals surface area (Å²) in [4.78, 5) is 0. The highest BCUT2D eigenvalue weighted by Crippen LogP contribution is 2.38. The molecule has 2 nitrogen and oxygen atoms in total. The molecule has 4 heteroatoms. The van der Waals surface area contributed by atoms with Crippen LogP contribution in [0.2, 0.25) is 37.8 Å². The first-order chi connectivity index (χ1) is 12.2. The van der Waals surface area contributed by atoms with Crippen LogP contribution in [-0.2, 0) is 10.8 Å². The maximum atomic E-state index is 6.69. The summed E-state index contributed by atoms with van der Waals surface area (Å²) in [6.07, 6.45) is 6.33. The van der Waals surface area contributed by atoms with Gasteiger partial charge in [-0.1, -0.05) is 58.3 Å². The predicted molar refractivity (Wildman–Crippen MR) is 123 cm³/mol. The van der Waals surface area contributed by atoms with E-state index >= 15 is 0 Å². The van der Waals surface area contributed by atoms with Gasteiger partial charge in [-0.2, -0.15) is 0 Å². The van der Waals surface area contributed by atoms with E-state index in [2.05, 4.69) is 83.9 Å². The van der Waals surface area contributed by atoms with E-state index in [1.807, 2.05) is 6.07 Å². The van der Waals surface area contributed by atoms with Crippen molar-refractivity contribution in [2.24, 2.45) is 0 Å². The van der Waals surface area contributed by atoms with Gasteiger partial charge in [0.1, 0.15) is 19.9 Å². The van der Waals surface area contributed by atoms with Gasteiger partial charge in [-0.3, -0.25) is 0 Å². The first-order valence-electron chi connectivity index (χ1n) is 9.55. The first-order valence-corrected chi connectivity index (χ1v) is 16.0. The standard InChI is InChI=1S/C23H36O2Si2/c1-12-21-19(15-18(2)16-22(21)24-6)17-20(13-14-26(7,8)9)25-27(10,11)23(3,4)5/h1,15-16,20H,17H2,2-11H3. The average molecular weight is 401 g/mol. The lowest BCUT2D eigenvalue weighted by Gasteiger charge is -2.38. The van der Waals surface area contributed by atoms with E-state index in [1.165, 1.54) is 0 Å². The molecule has 0 aliphatic carbocycles. The summed E-state index contributed by atoms with van der Waals surface area (Å²) in [5.41, 5.74) is 6.51. The molecule has 0 saturated carbocycles. The number of hydrogen-bond donors (Lipinski definition) is 0. The highest BCUT2D eigenvalue weighted by atomic mass is 28.4. The number of methoxy groups -OCH3 is 1. The van der Waals surface area contributed by atoms with E-state index in [0.29, 0.717) is 6.42 Å². The molecule has 1 unspecified atom stereocenters. The van der Waals surface area contributed by atoms with E-state index in [0.717, 1.165) is 22.4 Å². The highest BCUT2D eigenvalue weighted by Gasteiger charge is 2.39. The fourth-order valence-electron chi connectivity index (χ4n) is 2.46. The van der Waals surface area contributed by atoms with Gasteiger partial charge >= 0.3 is 0 Å². The van der Waals surface area contributed by atoms with Crippen molar-refractivity contribution in [1.82, 2.24) is 0 Å². The number of hydrogen-bond acceptors (Lipinski definition) is 2. The largest absolute Gasteiger partial charge is 0.495 e. The third kappa shape index (κ3) is 6.89. The molecular weight excluding hydrogens is 364 g/mol. The van der Waals surface area contributed by atoms with Gasteiger partial charge in [0, 0.05) is 6.42 Å². The molecule has 0 aromatic heterocycles. The van der Waals surface area contributed by atoms with Crippen molar-refractivity contribution in [3.63, 3.8) is 0 Å². The Kier molecular flexibility index (Phi) is 7.59. The topological polar surface area (TPSA) is 18.5 Å². The quantitative estimate of drug-likeness (QED) is 0.459. The second-order valence-electron chi connectivity index (χ2n) is 9.74. The van der Waals surface area contributed by atoms with Crippen LogP contribution in [-0.4, -0.2) is 29.6 Å². The van der Waals surface area contributed by atoms with Crippen LogP contribution in [0.15, 0.2) is 12.1 Å². The molecular formula is C23H36O2Si2. The zero-order valence-corrected chi connectivity index (χ0v) is 20.8. The van der Waals surface area contributed by atoms with Gasteiger partial charge in [-0.15, -0.1) is 12.0 Å². The minimum Gasteiger partial charge on any atom is -0.495 e. The van der Waals surface area contributed by atoms with Gasteiger partial charge in [0.2, 0.25) is 0 Å². The third-order valence-electron chi connectivity index (χ3n) is 4.95. The van der Waals surface area contributed by atoms with Gasteiger partial charge in [-0.25, -0.2) is 0 Å². The fraction of sp³-hybridized carbons (Fsp3) is 0.565. The zero-order chi connectivity index (χ0) is 21.0. The molecule has 0 saturated heterocycles. The minimum absolute atomic E-state index is 0.130. The molecule has 0 amide bonds. The molecule has 1 aromatic carbocycles. The molecule has 0 heterocycles. The van der Waals surface area contributed by atoms with E-state index in [1.54, 1.807) is 7.11 Å². The van der Waals surface area contributed by atoms with Crippen molar-refractivity contribution in [1.29, 1.82) is 0 Å². The molecule has 148 valence electrons. The van der Waals surface area contributed by atoms with Crippen molar-refractivity contribution < 1.29 is 9.16 Å². The van der Waals surface area contributed by atoms with Gasteiger partial charge < -0.3 is 9.16 Å². The Morgan fingerprint density at radius 1 is 1.11 bits per heavy atom. The van der Waals surface area contributed by atoms with E-state index in [9.17, 15) is 0 Å². The van der Waals surface area contributed by atoms with Crippen molar-refractivity contribution in [3.8, 4) is 29.6 Å². The summed E-state index contributed by atoms with van der Waals surface area (Å²) in [5.74, 6) is 7.01. The van der Waals surface area contributed by atoms with E-state index < -0.39 is 16.4 Å². The summed E-state index contributed by atoms with van der Waals surface area (Å²) in [6.45, 7) is 20.1. The van der Waals surface area contributed by atoms with Crippen LogP contribution in [0.4, 0.5) is 0 Å². The molecule has 0 spiro atoms. The lowest BCUT2D eigenvalue weighted by molar-refractivity contribution is 0.233. The van der Waals surface area contributed by atoms with Crippen LogP contribution >= 0.6 is 0 Å². The Morgan fingerprint density at radius 2 is 1.70 bits per heavy atom. The molecule has 0 bridgehead atoms. The normalized spacial score (nSPS) is 13.4. The number of benzene rings is 1. The third-order valence-corrected chi connectivity index (χ3v) is 10.3. The van der Waals surface area contributed by atoms with Crippen LogP contribution in [0, 0.1) is 30.7 Å². The van der Waals surface area contributed by atoms with Crippen LogP contribution < -0.4 is 4.74 Å². The van der Waals surface area contributed by atoms with E-state index in [-0.39, 0.29) is 11.1 Å². The van der Waals surface area contributed by atoms with Crippen LogP contribution in [0.1, 0.15) is 37.5 Å². The SMILES string of the molecule is C#Cc1c(CC(C#C[Si](C)(C)C)O[Si](C)(C)C(C)(C)C)cc(C)cc1OC. The maximum Gasteiger partial charge on any atom is 0.193 e. The number of aryl methyl sites for hydroxylation is 1. The molecule has 1 atom stereocenters. The zero-order valence-electron chi connectivity index (χ0n) is 18.8. The average Bonchev–Trinajstić information content (AvgIpc) is 2.49. The number of rotatable bonds is 5. The lowest BCUT2D eigenvalue weighted by Crippen LogP contribution is -2.44. The smallest absolute Gasteiger partial charge is 0.193 e. The summed E-state index contributed by atoms with van der Waals surface area (Å²) in [7, 11) is -1.79. The predicted octanol–water partition coefficient (Wildman–Crippen LogP) is 5.80. The van der Waals surface area contributed by atoms with Crippen LogP contribution in [0.3, 0.4) is 0 Å². The second kappa shape index (κ2) is 8.69. The minimum atomic E-state index is -1.95. The summed E-state index contributed by atoms with van der Waals surface area (Å²) in [6, 6.07) is 4.12. The monoisotopic (exact) mass is 400 g/mol. The Hall–Kier alpha value is -1.47. The van der Waals surface area contributed by atoms with Crippen LogP contribution in [0.5, 0.6) is 5.75 Å². The Bertz CT molecular complexity index is 763. The number of ether oxygens (including phenoxy) is 1. The number of terminal acetylenes is 1. The Morgan fingerprint density at radius 3 is 2.15 bits per heavy atom. The van der Waals surface area contributed by atoms with Crippen LogP contribution in [0.25, 0.3) is 0 Å². The maximum absolute atomic E-state index is 6.69. The molecule has 0 fully saturated rings.